The van der Waals surface area contributed by atoms with E-state index in [2.05, 4.69) is 17.0 Å². The Morgan fingerprint density at radius 1 is 1.07 bits per heavy atom. The van der Waals surface area contributed by atoms with Crippen LogP contribution in [-0.2, 0) is 16.6 Å². The minimum Gasteiger partial charge on any atom is -0.336 e. The second-order valence-electron chi connectivity index (χ2n) is 7.81. The van der Waals surface area contributed by atoms with Gasteiger partial charge in [-0.1, -0.05) is 41.9 Å². The fourth-order valence-electron chi connectivity index (χ4n) is 3.39. The molecule has 0 bridgehead atoms. The van der Waals surface area contributed by atoms with Crippen molar-refractivity contribution >= 4 is 27.5 Å². The van der Waals surface area contributed by atoms with Gasteiger partial charge in [0.15, 0.2) is 0 Å². The Kier molecular flexibility index (Phi) is 7.18. The lowest BCUT2D eigenvalue weighted by Crippen LogP contribution is -2.48. The standard InChI is InChI=1S/C22H28ClN3O3S/c1-17(2)24(3)30(28,29)19-9-10-21(23)20(15-19)22(27)26-13-11-25(12-14-26)16-18-7-5-4-6-8-18/h4-10,15,17H,11-14,16H2,1-3H3. The number of piperazine rings is 1. The van der Waals surface area contributed by atoms with E-state index in [0.29, 0.717) is 13.1 Å². The zero-order valence-corrected chi connectivity index (χ0v) is 19.2. The summed E-state index contributed by atoms with van der Waals surface area (Å²) in [4.78, 5) is 17.2. The number of carbonyl (C=O) groups excluding carboxylic acids is 1. The van der Waals surface area contributed by atoms with E-state index >= 15 is 0 Å². The van der Waals surface area contributed by atoms with Crippen molar-refractivity contribution in [1.82, 2.24) is 14.1 Å². The van der Waals surface area contributed by atoms with Gasteiger partial charge in [-0.25, -0.2) is 8.42 Å². The fourth-order valence-corrected chi connectivity index (χ4v) is 4.99. The molecule has 0 unspecified atom stereocenters. The van der Waals surface area contributed by atoms with Crippen LogP contribution in [-0.4, -0.2) is 67.7 Å². The second-order valence-corrected chi connectivity index (χ2v) is 10.2. The largest absolute Gasteiger partial charge is 0.336 e. The summed E-state index contributed by atoms with van der Waals surface area (Å²) in [5.74, 6) is -0.233. The summed E-state index contributed by atoms with van der Waals surface area (Å²) in [6.45, 7) is 7.11. The van der Waals surface area contributed by atoms with Crippen LogP contribution in [0.1, 0.15) is 29.8 Å². The quantitative estimate of drug-likeness (QED) is 0.678. The highest BCUT2D eigenvalue weighted by atomic mass is 35.5. The molecule has 0 aromatic heterocycles. The van der Waals surface area contributed by atoms with Crippen molar-refractivity contribution in [1.29, 1.82) is 0 Å². The number of hydrogen-bond acceptors (Lipinski definition) is 4. The van der Waals surface area contributed by atoms with E-state index in [9.17, 15) is 13.2 Å². The third kappa shape index (κ3) is 5.03. The topological polar surface area (TPSA) is 60.9 Å². The molecular weight excluding hydrogens is 422 g/mol. The molecule has 0 spiro atoms. The van der Waals surface area contributed by atoms with Gasteiger partial charge in [0.25, 0.3) is 5.91 Å². The third-order valence-corrected chi connectivity index (χ3v) is 7.84. The molecule has 30 heavy (non-hydrogen) atoms. The van der Waals surface area contributed by atoms with Crippen molar-refractivity contribution in [2.45, 2.75) is 31.3 Å². The Labute approximate surface area is 184 Å². The van der Waals surface area contributed by atoms with Crippen LogP contribution in [0.3, 0.4) is 0 Å². The highest BCUT2D eigenvalue weighted by Gasteiger charge is 2.28. The third-order valence-electron chi connectivity index (χ3n) is 5.48. The first-order chi connectivity index (χ1) is 14.2. The average Bonchev–Trinajstić information content (AvgIpc) is 2.74. The van der Waals surface area contributed by atoms with Gasteiger partial charge in [-0.3, -0.25) is 9.69 Å². The summed E-state index contributed by atoms with van der Waals surface area (Å²) in [5, 5.41) is 0.262. The van der Waals surface area contributed by atoms with Gasteiger partial charge < -0.3 is 4.90 Å². The Hall–Kier alpha value is -1.93. The zero-order valence-electron chi connectivity index (χ0n) is 17.6. The van der Waals surface area contributed by atoms with E-state index in [-0.39, 0.29) is 27.4 Å². The first-order valence-electron chi connectivity index (χ1n) is 10.0. The van der Waals surface area contributed by atoms with Crippen LogP contribution in [0.2, 0.25) is 5.02 Å². The molecule has 1 saturated heterocycles. The van der Waals surface area contributed by atoms with Crippen LogP contribution in [0.4, 0.5) is 0 Å². The number of halogens is 1. The van der Waals surface area contributed by atoms with Crippen molar-refractivity contribution < 1.29 is 13.2 Å². The molecule has 2 aromatic rings. The summed E-state index contributed by atoms with van der Waals surface area (Å²) in [6, 6.07) is 14.4. The zero-order chi connectivity index (χ0) is 21.9. The maximum Gasteiger partial charge on any atom is 0.255 e. The minimum atomic E-state index is -3.69. The molecule has 2 aromatic carbocycles. The van der Waals surface area contributed by atoms with E-state index in [1.54, 1.807) is 18.7 Å². The Bertz CT molecular complexity index is 988. The highest BCUT2D eigenvalue weighted by molar-refractivity contribution is 7.89. The van der Waals surface area contributed by atoms with Crippen LogP contribution in [0.15, 0.2) is 53.4 Å². The SMILES string of the molecule is CC(C)N(C)S(=O)(=O)c1ccc(Cl)c(C(=O)N2CCN(Cc3ccccc3)CC2)c1. The van der Waals surface area contributed by atoms with E-state index in [4.69, 9.17) is 11.6 Å². The van der Waals surface area contributed by atoms with Crippen LogP contribution in [0.25, 0.3) is 0 Å². The molecular formula is C22H28ClN3O3S. The molecule has 1 aliphatic rings. The van der Waals surface area contributed by atoms with Gasteiger partial charge in [0, 0.05) is 45.8 Å². The summed E-state index contributed by atoms with van der Waals surface area (Å²) in [5.41, 5.74) is 1.47. The van der Waals surface area contributed by atoms with Gasteiger partial charge in [-0.05, 0) is 37.6 Å². The molecule has 0 N–H and O–H groups in total. The number of carbonyl (C=O) groups is 1. The first-order valence-corrected chi connectivity index (χ1v) is 11.8. The number of hydrogen-bond donors (Lipinski definition) is 0. The molecule has 1 aliphatic heterocycles. The van der Waals surface area contributed by atoms with Gasteiger partial charge in [0.2, 0.25) is 10.0 Å². The van der Waals surface area contributed by atoms with E-state index in [1.807, 2.05) is 18.2 Å². The highest BCUT2D eigenvalue weighted by Crippen LogP contribution is 2.25. The predicted molar refractivity (Wildman–Crippen MR) is 119 cm³/mol. The molecule has 0 saturated carbocycles. The van der Waals surface area contributed by atoms with Gasteiger partial charge >= 0.3 is 0 Å². The van der Waals surface area contributed by atoms with Crippen molar-refractivity contribution in [3.63, 3.8) is 0 Å². The van der Waals surface area contributed by atoms with Crippen LogP contribution < -0.4 is 0 Å². The number of benzene rings is 2. The summed E-state index contributed by atoms with van der Waals surface area (Å²) in [6.07, 6.45) is 0. The van der Waals surface area contributed by atoms with Crippen LogP contribution in [0, 0.1) is 0 Å². The molecule has 1 amide bonds. The smallest absolute Gasteiger partial charge is 0.255 e. The Balaban J connectivity index is 1.71. The van der Waals surface area contributed by atoms with E-state index < -0.39 is 10.0 Å². The van der Waals surface area contributed by atoms with Crippen molar-refractivity contribution in [3.8, 4) is 0 Å². The lowest BCUT2D eigenvalue weighted by molar-refractivity contribution is 0.0628. The van der Waals surface area contributed by atoms with Gasteiger partial charge in [0.1, 0.15) is 0 Å². The lowest BCUT2D eigenvalue weighted by Gasteiger charge is -2.35. The summed E-state index contributed by atoms with van der Waals surface area (Å²) >= 11 is 6.27. The summed E-state index contributed by atoms with van der Waals surface area (Å²) < 4.78 is 26.9. The van der Waals surface area contributed by atoms with Crippen LogP contribution >= 0.6 is 11.6 Å². The maximum absolute atomic E-state index is 13.1. The number of nitrogens with zero attached hydrogens (tertiary/aromatic N) is 3. The average molecular weight is 450 g/mol. The van der Waals surface area contributed by atoms with Gasteiger partial charge in [0.05, 0.1) is 15.5 Å². The molecule has 0 atom stereocenters. The van der Waals surface area contributed by atoms with Crippen molar-refractivity contribution in [3.05, 3.63) is 64.7 Å². The monoisotopic (exact) mass is 449 g/mol. The number of amides is 1. The van der Waals surface area contributed by atoms with E-state index in [0.717, 1.165) is 19.6 Å². The molecule has 3 rings (SSSR count). The molecule has 1 heterocycles. The van der Waals surface area contributed by atoms with Crippen molar-refractivity contribution in [2.75, 3.05) is 33.2 Å². The number of rotatable bonds is 6. The Morgan fingerprint density at radius 2 is 1.70 bits per heavy atom. The molecule has 6 nitrogen and oxygen atoms in total. The summed E-state index contributed by atoms with van der Waals surface area (Å²) in [7, 11) is -2.16. The molecule has 8 heteroatoms. The Morgan fingerprint density at radius 3 is 2.30 bits per heavy atom. The predicted octanol–water partition coefficient (Wildman–Crippen LogP) is 3.33. The normalized spacial score (nSPS) is 15.7. The van der Waals surface area contributed by atoms with Crippen LogP contribution in [0.5, 0.6) is 0 Å². The molecule has 1 fully saturated rings. The molecule has 0 aliphatic carbocycles. The molecule has 162 valence electrons. The second kappa shape index (κ2) is 9.47. The fraction of sp³-hybridized carbons (Fsp3) is 0.409. The lowest BCUT2D eigenvalue weighted by atomic mass is 10.1. The molecule has 0 radical (unpaired) electrons. The van der Waals surface area contributed by atoms with Gasteiger partial charge in [-0.15, -0.1) is 0 Å². The van der Waals surface area contributed by atoms with Gasteiger partial charge in [-0.2, -0.15) is 4.31 Å². The van der Waals surface area contributed by atoms with E-state index in [1.165, 1.54) is 35.1 Å². The first kappa shape index (κ1) is 22.7. The maximum atomic E-state index is 13.1. The number of sulfonamides is 1. The van der Waals surface area contributed by atoms with Crippen molar-refractivity contribution in [2.24, 2.45) is 0 Å². The minimum absolute atomic E-state index is 0.0779.